The highest BCUT2D eigenvalue weighted by Crippen LogP contribution is 2.31. The second kappa shape index (κ2) is 7.30. The maximum Gasteiger partial charge on any atom is 0.321 e. The molecule has 2 atom stereocenters. The van der Waals surface area contributed by atoms with Gasteiger partial charge in [-0.05, 0) is 6.07 Å². The number of hydrogen-bond acceptors (Lipinski definition) is 5. The number of nitrogens with one attached hydrogen (secondary N) is 3. The molecule has 0 unspecified atom stereocenters. The van der Waals surface area contributed by atoms with Crippen LogP contribution < -0.4 is 20.7 Å². The van der Waals surface area contributed by atoms with E-state index in [2.05, 4.69) is 25.9 Å². The van der Waals surface area contributed by atoms with Crippen LogP contribution in [0.25, 0.3) is 0 Å². The molecule has 2 heterocycles. The lowest BCUT2D eigenvalue weighted by Gasteiger charge is -2.20. The highest BCUT2D eigenvalue weighted by atomic mass is 19.1. The van der Waals surface area contributed by atoms with Crippen LogP contribution in [0, 0.1) is 11.6 Å². The van der Waals surface area contributed by atoms with Crippen molar-refractivity contribution in [1.82, 2.24) is 20.6 Å². The van der Waals surface area contributed by atoms with Crippen LogP contribution >= 0.6 is 0 Å². The minimum Gasteiger partial charge on any atom is -0.497 e. The molecule has 8 nitrogen and oxygen atoms in total. The Hall–Kier alpha value is -3.30. The van der Waals surface area contributed by atoms with Gasteiger partial charge in [0.25, 0.3) is 0 Å². The van der Waals surface area contributed by atoms with Crippen molar-refractivity contribution in [1.29, 1.82) is 0 Å². The second-order valence-corrected chi connectivity index (χ2v) is 5.53. The first-order chi connectivity index (χ1) is 12.5. The second-order valence-electron chi connectivity index (χ2n) is 5.53. The average Bonchev–Trinajstić information content (AvgIpc) is 2.95. The molecule has 3 amide bonds. The van der Waals surface area contributed by atoms with Crippen LogP contribution in [0.4, 0.5) is 19.4 Å². The predicted molar refractivity (Wildman–Crippen MR) is 86.6 cm³/mol. The summed E-state index contributed by atoms with van der Waals surface area (Å²) < 4.78 is 33.5. The third kappa shape index (κ3) is 3.53. The number of methoxy groups -OCH3 is 1. The van der Waals surface area contributed by atoms with E-state index in [0.717, 1.165) is 12.1 Å². The molecule has 3 N–H and O–H groups in total. The first-order valence-corrected chi connectivity index (χ1v) is 7.63. The van der Waals surface area contributed by atoms with Crippen LogP contribution in [0.3, 0.4) is 0 Å². The first-order valence-electron chi connectivity index (χ1n) is 7.63. The van der Waals surface area contributed by atoms with E-state index in [1.165, 1.54) is 25.7 Å². The summed E-state index contributed by atoms with van der Waals surface area (Å²) in [5.74, 6) is -2.92. The number of benzene rings is 1. The maximum atomic E-state index is 14.3. The van der Waals surface area contributed by atoms with Crippen molar-refractivity contribution >= 4 is 17.8 Å². The van der Waals surface area contributed by atoms with Gasteiger partial charge in [0, 0.05) is 36.4 Å². The number of rotatable bonds is 4. The van der Waals surface area contributed by atoms with E-state index >= 15 is 0 Å². The van der Waals surface area contributed by atoms with Crippen molar-refractivity contribution in [3.8, 4) is 5.75 Å². The van der Waals surface area contributed by atoms with Crippen molar-refractivity contribution in [3.63, 3.8) is 0 Å². The predicted octanol–water partition coefficient (Wildman–Crippen LogP) is 1.17. The highest BCUT2D eigenvalue weighted by molar-refractivity contribution is 5.94. The van der Waals surface area contributed by atoms with Gasteiger partial charge in [0.05, 0.1) is 7.11 Å². The van der Waals surface area contributed by atoms with Gasteiger partial charge in [0.15, 0.2) is 0 Å². The smallest absolute Gasteiger partial charge is 0.321 e. The Morgan fingerprint density at radius 1 is 1.35 bits per heavy atom. The molecule has 1 aromatic carbocycles. The minimum absolute atomic E-state index is 0.0164. The molecule has 3 rings (SSSR count). The normalized spacial score (nSPS) is 19.0. The van der Waals surface area contributed by atoms with Gasteiger partial charge in [0.1, 0.15) is 35.6 Å². The molecule has 1 fully saturated rings. The van der Waals surface area contributed by atoms with E-state index in [1.54, 1.807) is 0 Å². The van der Waals surface area contributed by atoms with Gasteiger partial charge in [-0.2, -0.15) is 0 Å². The quantitative estimate of drug-likeness (QED) is 0.756. The summed E-state index contributed by atoms with van der Waals surface area (Å²) in [6.45, 7) is -0.0164. The fourth-order valence-corrected chi connectivity index (χ4v) is 2.75. The van der Waals surface area contributed by atoms with Gasteiger partial charge in [-0.1, -0.05) is 0 Å². The van der Waals surface area contributed by atoms with Gasteiger partial charge in [-0.25, -0.2) is 23.5 Å². The lowest BCUT2D eigenvalue weighted by atomic mass is 9.93. The van der Waals surface area contributed by atoms with E-state index < -0.39 is 35.5 Å². The molecule has 10 heteroatoms. The Kier molecular flexibility index (Phi) is 4.92. The summed E-state index contributed by atoms with van der Waals surface area (Å²) in [6.07, 6.45) is 2.67. The lowest BCUT2D eigenvalue weighted by molar-refractivity contribution is -0.120. The number of urea groups is 1. The SMILES string of the molecule is COc1cc(F)c([C@@H]2CNC(=O)[C@H]2NC(=O)Nc2ccncn2)c(F)c1. The van der Waals surface area contributed by atoms with E-state index in [-0.39, 0.29) is 23.7 Å². The highest BCUT2D eigenvalue weighted by Gasteiger charge is 2.40. The van der Waals surface area contributed by atoms with E-state index in [1.807, 2.05) is 0 Å². The number of anilines is 1. The van der Waals surface area contributed by atoms with Gasteiger partial charge in [-0.3, -0.25) is 10.1 Å². The summed E-state index contributed by atoms with van der Waals surface area (Å²) in [4.78, 5) is 31.7. The Morgan fingerprint density at radius 2 is 2.08 bits per heavy atom. The molecule has 1 aromatic heterocycles. The molecular weight excluding hydrogens is 348 g/mol. The standard InChI is InChI=1S/C16H15F2N5O3/c1-26-8-4-10(17)13(11(18)5-8)9-6-20-15(24)14(9)23-16(25)22-12-2-3-19-7-21-12/h2-5,7,9,14H,6H2,1H3,(H,20,24)(H2,19,21,22,23,25)/t9-,14-/m0/s1. The fraction of sp³-hybridized carbons (Fsp3) is 0.250. The third-order valence-electron chi connectivity index (χ3n) is 3.95. The topological polar surface area (TPSA) is 105 Å². The van der Waals surface area contributed by atoms with E-state index in [9.17, 15) is 18.4 Å². The van der Waals surface area contributed by atoms with Crippen molar-refractivity contribution < 1.29 is 23.1 Å². The Balaban J connectivity index is 1.80. The van der Waals surface area contributed by atoms with Gasteiger partial charge >= 0.3 is 6.03 Å². The maximum absolute atomic E-state index is 14.3. The first kappa shape index (κ1) is 17.5. The largest absolute Gasteiger partial charge is 0.497 e. The van der Waals surface area contributed by atoms with Gasteiger partial charge < -0.3 is 15.4 Å². The molecule has 1 saturated heterocycles. The lowest BCUT2D eigenvalue weighted by Crippen LogP contribution is -2.45. The number of halogens is 2. The Morgan fingerprint density at radius 3 is 2.69 bits per heavy atom. The molecule has 1 aliphatic heterocycles. The summed E-state index contributed by atoms with van der Waals surface area (Å²) in [5, 5.41) is 7.34. The van der Waals surface area contributed by atoms with Gasteiger partial charge in [0.2, 0.25) is 5.91 Å². The van der Waals surface area contributed by atoms with Crippen LogP contribution in [-0.4, -0.2) is 41.6 Å². The molecule has 2 aromatic rings. The molecule has 0 bridgehead atoms. The monoisotopic (exact) mass is 363 g/mol. The zero-order chi connectivity index (χ0) is 18.7. The van der Waals surface area contributed by atoms with E-state index in [0.29, 0.717) is 0 Å². The van der Waals surface area contributed by atoms with Crippen LogP contribution in [0.5, 0.6) is 5.75 Å². The molecule has 0 aliphatic carbocycles. The number of carbonyl (C=O) groups is 2. The van der Waals surface area contributed by atoms with Crippen LogP contribution in [0.2, 0.25) is 0 Å². The van der Waals surface area contributed by atoms with Crippen molar-refractivity contribution in [3.05, 3.63) is 47.9 Å². The molecule has 0 saturated carbocycles. The number of hydrogen-bond donors (Lipinski definition) is 3. The fourth-order valence-electron chi connectivity index (χ4n) is 2.75. The van der Waals surface area contributed by atoms with Crippen molar-refractivity contribution in [2.24, 2.45) is 0 Å². The zero-order valence-corrected chi connectivity index (χ0v) is 13.6. The van der Waals surface area contributed by atoms with Crippen LogP contribution in [0.15, 0.2) is 30.7 Å². The summed E-state index contributed by atoms with van der Waals surface area (Å²) in [7, 11) is 1.29. The number of amides is 3. The van der Waals surface area contributed by atoms with Crippen molar-refractivity contribution in [2.45, 2.75) is 12.0 Å². The molecule has 26 heavy (non-hydrogen) atoms. The number of nitrogens with zero attached hydrogens (tertiary/aromatic N) is 2. The number of ether oxygens (including phenoxy) is 1. The molecular formula is C16H15F2N5O3. The molecule has 1 aliphatic rings. The van der Waals surface area contributed by atoms with Crippen LogP contribution in [-0.2, 0) is 4.79 Å². The number of aromatic nitrogens is 2. The zero-order valence-electron chi connectivity index (χ0n) is 13.6. The summed E-state index contributed by atoms with van der Waals surface area (Å²) in [5.41, 5.74) is -0.295. The Labute approximate surface area is 147 Å². The number of carbonyl (C=O) groups excluding carboxylic acids is 2. The minimum atomic E-state index is -1.14. The van der Waals surface area contributed by atoms with E-state index in [4.69, 9.17) is 4.74 Å². The molecule has 0 radical (unpaired) electrons. The Bertz CT molecular complexity index is 811. The van der Waals surface area contributed by atoms with Crippen LogP contribution in [0.1, 0.15) is 11.5 Å². The van der Waals surface area contributed by atoms with Crippen molar-refractivity contribution in [2.75, 3.05) is 19.0 Å². The average molecular weight is 363 g/mol. The van der Waals surface area contributed by atoms with Gasteiger partial charge in [-0.15, -0.1) is 0 Å². The summed E-state index contributed by atoms with van der Waals surface area (Å²) >= 11 is 0. The molecule has 0 spiro atoms. The summed E-state index contributed by atoms with van der Waals surface area (Å²) in [6, 6.07) is 1.63. The molecule has 136 valence electrons. The third-order valence-corrected chi connectivity index (χ3v) is 3.95.